The molecule has 0 amide bonds. The Labute approximate surface area is 152 Å². The predicted molar refractivity (Wildman–Crippen MR) is 96.2 cm³/mol. The summed E-state index contributed by atoms with van der Waals surface area (Å²) in [6, 6.07) is 5.51. The number of rotatable bonds is 10. The highest BCUT2D eigenvalue weighted by molar-refractivity contribution is 6.06. The predicted octanol–water partition coefficient (Wildman–Crippen LogP) is 2.14. The monoisotopic (exact) mass is 359 g/mol. The van der Waals surface area contributed by atoms with Gasteiger partial charge in [0.2, 0.25) is 0 Å². The number of nitrogens with one attached hydrogen (secondary N) is 1. The molecule has 140 valence electrons. The van der Waals surface area contributed by atoms with Gasteiger partial charge in [0.15, 0.2) is 0 Å². The van der Waals surface area contributed by atoms with Crippen molar-refractivity contribution in [1.82, 2.24) is 4.98 Å². The SMILES string of the molecule is CCOC(=O)c1cnc2c(OC)cccc2c1NCCCCCC(=O)[O-]. The number of carbonyl (C=O) groups excluding carboxylic acids is 2. The number of unbranched alkanes of at least 4 members (excludes halogenated alkanes) is 2. The fourth-order valence-corrected chi connectivity index (χ4v) is 2.70. The van der Waals surface area contributed by atoms with E-state index in [1.807, 2.05) is 18.2 Å². The Morgan fingerprint density at radius 3 is 2.73 bits per heavy atom. The number of nitrogens with zero attached hydrogens (tertiary/aromatic N) is 1. The lowest BCUT2D eigenvalue weighted by Crippen LogP contribution is -2.21. The van der Waals surface area contributed by atoms with Crippen molar-refractivity contribution in [2.45, 2.75) is 32.6 Å². The first-order valence-electron chi connectivity index (χ1n) is 8.65. The number of methoxy groups -OCH3 is 1. The molecule has 1 N–H and O–H groups in total. The highest BCUT2D eigenvalue weighted by Crippen LogP contribution is 2.32. The van der Waals surface area contributed by atoms with Gasteiger partial charge in [-0.3, -0.25) is 4.98 Å². The minimum absolute atomic E-state index is 0.0590. The molecule has 0 spiro atoms. The van der Waals surface area contributed by atoms with Crippen LogP contribution in [0.2, 0.25) is 0 Å². The van der Waals surface area contributed by atoms with Crippen LogP contribution in [0.15, 0.2) is 24.4 Å². The summed E-state index contributed by atoms with van der Waals surface area (Å²) < 4.78 is 10.5. The summed E-state index contributed by atoms with van der Waals surface area (Å²) in [5.74, 6) is -0.853. The second-order valence-electron chi connectivity index (χ2n) is 5.73. The third kappa shape index (κ3) is 4.84. The number of hydrogen-bond acceptors (Lipinski definition) is 7. The molecule has 7 nitrogen and oxygen atoms in total. The largest absolute Gasteiger partial charge is 0.550 e. The molecule has 1 aromatic carbocycles. The van der Waals surface area contributed by atoms with Gasteiger partial charge < -0.3 is 24.7 Å². The number of anilines is 1. The minimum atomic E-state index is -1.03. The van der Waals surface area contributed by atoms with E-state index < -0.39 is 11.9 Å². The molecule has 0 unspecified atom stereocenters. The lowest BCUT2D eigenvalue weighted by atomic mass is 10.1. The van der Waals surface area contributed by atoms with Crippen LogP contribution in [0.25, 0.3) is 10.9 Å². The normalized spacial score (nSPS) is 10.5. The number of fused-ring (bicyclic) bond motifs is 1. The molecule has 0 radical (unpaired) electrons. The van der Waals surface area contributed by atoms with Gasteiger partial charge in [-0.05, 0) is 32.3 Å². The highest BCUT2D eigenvalue weighted by atomic mass is 16.5. The number of esters is 1. The van der Waals surface area contributed by atoms with Crippen LogP contribution in [0, 0.1) is 0 Å². The van der Waals surface area contributed by atoms with Crippen LogP contribution >= 0.6 is 0 Å². The van der Waals surface area contributed by atoms with Crippen LogP contribution in [-0.2, 0) is 9.53 Å². The molecule has 0 saturated carbocycles. The van der Waals surface area contributed by atoms with E-state index in [0.717, 1.165) is 18.2 Å². The topological polar surface area (TPSA) is 101 Å². The van der Waals surface area contributed by atoms with Crippen LogP contribution in [-0.4, -0.2) is 37.2 Å². The summed E-state index contributed by atoms with van der Waals surface area (Å²) in [6.07, 6.45) is 3.63. The van der Waals surface area contributed by atoms with Crippen LogP contribution in [0.4, 0.5) is 5.69 Å². The standard InChI is InChI=1S/C19H24N2O5/c1-3-26-19(24)14-12-21-18-13(8-7-9-15(18)25-2)17(14)20-11-6-4-5-10-16(22)23/h7-9,12H,3-6,10-11H2,1-2H3,(H,20,21)(H,22,23)/p-1. The van der Waals surface area contributed by atoms with E-state index in [-0.39, 0.29) is 13.0 Å². The lowest BCUT2D eigenvalue weighted by Gasteiger charge is -2.15. The molecule has 26 heavy (non-hydrogen) atoms. The third-order valence-electron chi connectivity index (χ3n) is 3.94. The van der Waals surface area contributed by atoms with Gasteiger partial charge in [-0.25, -0.2) is 4.79 Å². The van der Waals surface area contributed by atoms with E-state index in [0.29, 0.717) is 35.5 Å². The van der Waals surface area contributed by atoms with E-state index in [2.05, 4.69) is 10.3 Å². The van der Waals surface area contributed by atoms with Gasteiger partial charge in [0, 0.05) is 24.1 Å². The highest BCUT2D eigenvalue weighted by Gasteiger charge is 2.17. The average Bonchev–Trinajstić information content (AvgIpc) is 2.63. The number of para-hydroxylation sites is 1. The molecular weight excluding hydrogens is 336 g/mol. The van der Waals surface area contributed by atoms with Crippen molar-refractivity contribution in [3.63, 3.8) is 0 Å². The van der Waals surface area contributed by atoms with Crippen molar-refractivity contribution in [3.8, 4) is 5.75 Å². The molecule has 0 aliphatic rings. The molecule has 0 fully saturated rings. The van der Waals surface area contributed by atoms with Crippen LogP contribution < -0.4 is 15.2 Å². The molecule has 0 saturated heterocycles. The van der Waals surface area contributed by atoms with Gasteiger partial charge in [0.1, 0.15) is 16.8 Å². The Morgan fingerprint density at radius 1 is 1.23 bits per heavy atom. The van der Waals surface area contributed by atoms with Crippen LogP contribution in [0.5, 0.6) is 5.75 Å². The first-order chi connectivity index (χ1) is 12.6. The number of ether oxygens (including phenoxy) is 2. The Balaban J connectivity index is 2.23. The average molecular weight is 359 g/mol. The summed E-state index contributed by atoms with van der Waals surface area (Å²) >= 11 is 0. The molecule has 7 heteroatoms. The Bertz CT molecular complexity index is 776. The molecule has 2 aromatic rings. The van der Waals surface area contributed by atoms with E-state index in [4.69, 9.17) is 9.47 Å². The quantitative estimate of drug-likeness (QED) is 0.512. The zero-order valence-electron chi connectivity index (χ0n) is 15.0. The first-order valence-corrected chi connectivity index (χ1v) is 8.65. The number of hydrogen-bond donors (Lipinski definition) is 1. The van der Waals surface area contributed by atoms with E-state index in [1.54, 1.807) is 14.0 Å². The molecule has 0 bridgehead atoms. The maximum Gasteiger partial charge on any atom is 0.341 e. The molecule has 1 heterocycles. The number of benzene rings is 1. The summed E-state index contributed by atoms with van der Waals surface area (Å²) in [5.41, 5.74) is 1.66. The van der Waals surface area contributed by atoms with Crippen molar-refractivity contribution in [3.05, 3.63) is 30.0 Å². The summed E-state index contributed by atoms with van der Waals surface area (Å²) in [7, 11) is 1.57. The zero-order valence-corrected chi connectivity index (χ0v) is 15.0. The van der Waals surface area contributed by atoms with Gasteiger partial charge in [-0.15, -0.1) is 0 Å². The van der Waals surface area contributed by atoms with Gasteiger partial charge >= 0.3 is 5.97 Å². The maximum absolute atomic E-state index is 12.3. The van der Waals surface area contributed by atoms with E-state index in [1.165, 1.54) is 6.20 Å². The van der Waals surface area contributed by atoms with Gasteiger partial charge in [0.05, 0.1) is 19.4 Å². The fourth-order valence-electron chi connectivity index (χ4n) is 2.70. The van der Waals surface area contributed by atoms with Gasteiger partial charge in [0.25, 0.3) is 0 Å². The number of aromatic nitrogens is 1. The summed E-state index contributed by atoms with van der Waals surface area (Å²) in [5, 5.41) is 14.5. The molecule has 2 rings (SSSR count). The molecule has 0 aliphatic heterocycles. The molecule has 0 atom stereocenters. The number of carboxylic acid groups (broad SMARTS) is 1. The van der Waals surface area contributed by atoms with Crippen LogP contribution in [0.1, 0.15) is 43.0 Å². The molecule has 1 aromatic heterocycles. The number of aliphatic carboxylic acids is 1. The maximum atomic E-state index is 12.3. The number of pyridine rings is 1. The van der Waals surface area contributed by atoms with E-state index in [9.17, 15) is 14.7 Å². The van der Waals surface area contributed by atoms with Crippen molar-refractivity contribution in [2.24, 2.45) is 0 Å². The Hall–Kier alpha value is -2.83. The number of carboxylic acids is 1. The zero-order chi connectivity index (χ0) is 18.9. The summed E-state index contributed by atoms with van der Waals surface area (Å²) in [4.78, 5) is 27.1. The fraction of sp³-hybridized carbons (Fsp3) is 0.421. The lowest BCUT2D eigenvalue weighted by molar-refractivity contribution is -0.305. The Kier molecular flexibility index (Phi) is 7.20. The van der Waals surface area contributed by atoms with Crippen LogP contribution in [0.3, 0.4) is 0 Å². The third-order valence-corrected chi connectivity index (χ3v) is 3.94. The smallest absolute Gasteiger partial charge is 0.341 e. The second kappa shape index (κ2) is 9.60. The second-order valence-corrected chi connectivity index (χ2v) is 5.73. The summed E-state index contributed by atoms with van der Waals surface area (Å²) in [6.45, 7) is 2.62. The van der Waals surface area contributed by atoms with Gasteiger partial charge in [-0.1, -0.05) is 18.6 Å². The molecular formula is C19H23N2O5-. The van der Waals surface area contributed by atoms with Crippen molar-refractivity contribution >= 4 is 28.5 Å². The van der Waals surface area contributed by atoms with Crippen molar-refractivity contribution < 1.29 is 24.2 Å². The Morgan fingerprint density at radius 2 is 2.04 bits per heavy atom. The van der Waals surface area contributed by atoms with Crippen molar-refractivity contribution in [2.75, 3.05) is 25.6 Å². The number of carbonyl (C=O) groups is 2. The molecule has 0 aliphatic carbocycles. The minimum Gasteiger partial charge on any atom is -0.550 e. The van der Waals surface area contributed by atoms with E-state index >= 15 is 0 Å². The van der Waals surface area contributed by atoms with Gasteiger partial charge in [-0.2, -0.15) is 0 Å². The van der Waals surface area contributed by atoms with Crippen molar-refractivity contribution in [1.29, 1.82) is 0 Å². The first kappa shape index (κ1) is 19.5.